The molecule has 1 heterocycles. The molecule has 124 valence electrons. The second-order valence-corrected chi connectivity index (χ2v) is 6.71. The van der Waals surface area contributed by atoms with Crippen LogP contribution in [0.25, 0.3) is 0 Å². The maximum atomic E-state index is 12.3. The lowest BCUT2D eigenvalue weighted by molar-refractivity contribution is -0.149. The first-order valence-electron chi connectivity index (χ1n) is 7.00. The molecule has 8 heteroatoms. The normalized spacial score (nSPS) is 19.8. The molecule has 24 heavy (non-hydrogen) atoms. The number of nitrogens with one attached hydrogen (secondary N) is 1. The molecule has 2 aromatic rings. The number of carbonyl (C=O) groups excluding carboxylic acids is 2. The molecule has 0 spiro atoms. The number of nitrogens with two attached hydrogens (primary N) is 1. The van der Waals surface area contributed by atoms with Crippen LogP contribution in [0.15, 0.2) is 46.9 Å². The van der Waals surface area contributed by atoms with Gasteiger partial charge in [-0.25, -0.2) is 5.01 Å². The molecule has 1 aliphatic heterocycles. The molecule has 0 radical (unpaired) electrons. The first-order chi connectivity index (χ1) is 11.4. The van der Waals surface area contributed by atoms with Crippen LogP contribution in [0, 0.1) is 0 Å². The summed E-state index contributed by atoms with van der Waals surface area (Å²) in [6, 6.07) is 10.5. The molecule has 2 aromatic carbocycles. The Bertz CT molecular complexity index is 813. The zero-order chi connectivity index (χ0) is 17.4. The average Bonchev–Trinajstić information content (AvgIpc) is 2.57. The second kappa shape index (κ2) is 6.33. The number of hydrogen-bond donors (Lipinski definition) is 3. The van der Waals surface area contributed by atoms with Crippen LogP contribution >= 0.6 is 27.5 Å². The van der Waals surface area contributed by atoms with Gasteiger partial charge in [0.1, 0.15) is 17.2 Å². The van der Waals surface area contributed by atoms with Crippen molar-refractivity contribution >= 4 is 45.0 Å². The van der Waals surface area contributed by atoms with Crippen LogP contribution in [0.1, 0.15) is 22.0 Å². The molecule has 1 aliphatic rings. The highest BCUT2D eigenvalue weighted by atomic mass is 79.9. The molecule has 0 bridgehead atoms. The molecular formula is C16H13BrClN3O3. The SMILES string of the molecule is Nc1ccc(C(=O)NN2C(=O)[C@H](Cl)[C@H]2c2cc(Br)ccc2O)cc1. The minimum atomic E-state index is -0.864. The molecule has 1 saturated heterocycles. The lowest BCUT2D eigenvalue weighted by Crippen LogP contribution is -2.63. The van der Waals surface area contributed by atoms with E-state index in [1.54, 1.807) is 36.4 Å². The number of halogens is 2. The van der Waals surface area contributed by atoms with Crippen molar-refractivity contribution in [1.82, 2.24) is 10.4 Å². The Labute approximate surface area is 151 Å². The highest BCUT2D eigenvalue weighted by Gasteiger charge is 2.49. The minimum absolute atomic E-state index is 0.00640. The van der Waals surface area contributed by atoms with Crippen molar-refractivity contribution in [3.63, 3.8) is 0 Å². The van der Waals surface area contributed by atoms with Crippen LogP contribution in [-0.4, -0.2) is 27.3 Å². The molecule has 6 nitrogen and oxygen atoms in total. The van der Waals surface area contributed by atoms with E-state index >= 15 is 0 Å². The van der Waals surface area contributed by atoms with Gasteiger partial charge in [-0.2, -0.15) is 0 Å². The summed E-state index contributed by atoms with van der Waals surface area (Å²) in [5, 5.41) is 10.3. The van der Waals surface area contributed by atoms with Crippen LogP contribution in [0.5, 0.6) is 5.75 Å². The van der Waals surface area contributed by atoms with Crippen LogP contribution in [0.4, 0.5) is 5.69 Å². The molecule has 3 rings (SSSR count). The summed E-state index contributed by atoms with van der Waals surface area (Å²) in [6.07, 6.45) is 0. The highest BCUT2D eigenvalue weighted by molar-refractivity contribution is 9.10. The average molecular weight is 411 g/mol. The maximum Gasteiger partial charge on any atom is 0.269 e. The van der Waals surface area contributed by atoms with Crippen molar-refractivity contribution in [2.24, 2.45) is 0 Å². The third-order valence-corrected chi connectivity index (χ3v) is 4.65. The first kappa shape index (κ1) is 16.6. The monoisotopic (exact) mass is 409 g/mol. The fraction of sp³-hybridized carbons (Fsp3) is 0.125. The fourth-order valence-corrected chi connectivity index (χ4v) is 3.18. The van der Waals surface area contributed by atoms with Crippen LogP contribution in [0.2, 0.25) is 0 Å². The fourth-order valence-electron chi connectivity index (χ4n) is 2.45. The number of phenolic OH excluding ortho intramolecular Hbond substituents is 1. The molecule has 1 fully saturated rings. The molecule has 0 unspecified atom stereocenters. The van der Waals surface area contributed by atoms with E-state index in [9.17, 15) is 14.7 Å². The van der Waals surface area contributed by atoms with Gasteiger partial charge in [-0.05, 0) is 42.5 Å². The number of hydrazine groups is 1. The van der Waals surface area contributed by atoms with E-state index in [1.165, 1.54) is 6.07 Å². The lowest BCUT2D eigenvalue weighted by atomic mass is 9.94. The third-order valence-electron chi connectivity index (χ3n) is 3.73. The Hall–Kier alpha value is -2.25. The number of hydrogen-bond acceptors (Lipinski definition) is 4. The number of alkyl halides is 1. The van der Waals surface area contributed by atoms with Crippen molar-refractivity contribution < 1.29 is 14.7 Å². The van der Waals surface area contributed by atoms with Gasteiger partial charge in [0.15, 0.2) is 0 Å². The van der Waals surface area contributed by atoms with Gasteiger partial charge in [0.25, 0.3) is 11.8 Å². The van der Waals surface area contributed by atoms with E-state index in [2.05, 4.69) is 21.4 Å². The molecular weight excluding hydrogens is 398 g/mol. The number of nitrogens with zero attached hydrogens (tertiary/aromatic N) is 1. The molecule has 0 aliphatic carbocycles. The Morgan fingerprint density at radius 2 is 1.92 bits per heavy atom. The summed E-state index contributed by atoms with van der Waals surface area (Å²) in [5.74, 6) is -0.913. The predicted octanol–water partition coefficient (Wildman–Crippen LogP) is 2.57. The molecule has 0 saturated carbocycles. The summed E-state index contributed by atoms with van der Waals surface area (Å²) in [6.45, 7) is 0. The minimum Gasteiger partial charge on any atom is -0.508 e. The van der Waals surface area contributed by atoms with Gasteiger partial charge in [0, 0.05) is 21.3 Å². The first-order valence-corrected chi connectivity index (χ1v) is 8.23. The predicted molar refractivity (Wildman–Crippen MR) is 93.4 cm³/mol. The Kier molecular flexibility index (Phi) is 4.38. The standard InChI is InChI=1S/C16H13BrClN3O3/c17-9-3-6-12(22)11(7-9)14-13(18)16(24)21(14)20-15(23)8-1-4-10(19)5-2-8/h1-7,13-14,22H,19H2,(H,20,23)/t13-,14-/m1/s1. The summed E-state index contributed by atoms with van der Waals surface area (Å²) < 4.78 is 0.725. The smallest absolute Gasteiger partial charge is 0.269 e. The number of β-lactam (4-membered cyclic amide) rings is 1. The number of benzene rings is 2. The van der Waals surface area contributed by atoms with E-state index in [-0.39, 0.29) is 5.75 Å². The summed E-state index contributed by atoms with van der Waals surface area (Å²) in [4.78, 5) is 24.3. The Balaban J connectivity index is 1.83. The number of aromatic hydroxyl groups is 1. The van der Waals surface area contributed by atoms with Crippen LogP contribution < -0.4 is 11.2 Å². The highest BCUT2D eigenvalue weighted by Crippen LogP contribution is 2.41. The summed E-state index contributed by atoms with van der Waals surface area (Å²) >= 11 is 9.39. The molecule has 2 amide bonds. The van der Waals surface area contributed by atoms with Gasteiger partial charge >= 0.3 is 0 Å². The Morgan fingerprint density at radius 3 is 2.58 bits per heavy atom. The van der Waals surface area contributed by atoms with Crippen molar-refractivity contribution in [3.05, 3.63) is 58.1 Å². The molecule has 4 N–H and O–H groups in total. The van der Waals surface area contributed by atoms with E-state index in [1.807, 2.05) is 0 Å². The van der Waals surface area contributed by atoms with E-state index in [0.29, 0.717) is 16.8 Å². The number of nitrogen functional groups attached to an aromatic ring is 1. The van der Waals surface area contributed by atoms with Crippen molar-refractivity contribution in [1.29, 1.82) is 0 Å². The quantitative estimate of drug-likeness (QED) is 0.412. The summed E-state index contributed by atoms with van der Waals surface area (Å²) in [7, 11) is 0. The maximum absolute atomic E-state index is 12.3. The van der Waals surface area contributed by atoms with Crippen molar-refractivity contribution in [3.8, 4) is 5.75 Å². The summed E-state index contributed by atoms with van der Waals surface area (Å²) in [5.41, 5.74) is 9.44. The van der Waals surface area contributed by atoms with E-state index < -0.39 is 23.2 Å². The van der Waals surface area contributed by atoms with Gasteiger partial charge in [-0.1, -0.05) is 15.9 Å². The number of rotatable bonds is 3. The zero-order valence-electron chi connectivity index (χ0n) is 12.2. The lowest BCUT2D eigenvalue weighted by Gasteiger charge is -2.44. The van der Waals surface area contributed by atoms with Crippen LogP contribution in [-0.2, 0) is 4.79 Å². The molecule has 0 aromatic heterocycles. The third kappa shape index (κ3) is 2.92. The van der Waals surface area contributed by atoms with Gasteiger partial charge in [0.05, 0.1) is 0 Å². The number of anilines is 1. The largest absolute Gasteiger partial charge is 0.508 e. The number of amides is 2. The van der Waals surface area contributed by atoms with E-state index in [4.69, 9.17) is 17.3 Å². The van der Waals surface area contributed by atoms with E-state index in [0.717, 1.165) is 9.48 Å². The van der Waals surface area contributed by atoms with Crippen LogP contribution in [0.3, 0.4) is 0 Å². The topological polar surface area (TPSA) is 95.7 Å². The Morgan fingerprint density at radius 1 is 1.25 bits per heavy atom. The molecule has 2 atom stereocenters. The van der Waals surface area contributed by atoms with Crippen molar-refractivity contribution in [2.75, 3.05) is 5.73 Å². The van der Waals surface area contributed by atoms with Crippen molar-refractivity contribution in [2.45, 2.75) is 11.4 Å². The van der Waals surface area contributed by atoms with Gasteiger partial charge in [-0.15, -0.1) is 11.6 Å². The van der Waals surface area contributed by atoms with Gasteiger partial charge in [-0.3, -0.25) is 15.0 Å². The second-order valence-electron chi connectivity index (χ2n) is 5.32. The van der Waals surface area contributed by atoms with Gasteiger partial charge < -0.3 is 10.8 Å². The van der Waals surface area contributed by atoms with Gasteiger partial charge in [0.2, 0.25) is 0 Å². The number of carbonyl (C=O) groups is 2. The zero-order valence-corrected chi connectivity index (χ0v) is 14.6. The number of phenols is 1.